The van der Waals surface area contributed by atoms with E-state index in [1.165, 1.54) is 6.08 Å². The number of hydrogen-bond donors (Lipinski definition) is 1. The van der Waals surface area contributed by atoms with Crippen molar-refractivity contribution in [2.45, 2.75) is 13.5 Å². The van der Waals surface area contributed by atoms with Gasteiger partial charge in [0.15, 0.2) is 0 Å². The number of rotatable bonds is 5. The van der Waals surface area contributed by atoms with Gasteiger partial charge < -0.3 is 4.74 Å². The van der Waals surface area contributed by atoms with E-state index in [9.17, 15) is 14.4 Å². The minimum Gasteiger partial charge on any atom is -0.488 e. The number of benzene rings is 3. The summed E-state index contributed by atoms with van der Waals surface area (Å²) in [6, 6.07) is 17.0. The van der Waals surface area contributed by atoms with E-state index < -0.39 is 17.8 Å². The first-order valence-corrected chi connectivity index (χ1v) is 12.0. The summed E-state index contributed by atoms with van der Waals surface area (Å²) in [5, 5.41) is 2.63. The van der Waals surface area contributed by atoms with Gasteiger partial charge in [-0.05, 0) is 55.0 Å². The maximum Gasteiger partial charge on any atom is 0.335 e. The minimum atomic E-state index is -0.836. The fourth-order valence-corrected chi connectivity index (χ4v) is 4.35. The fraction of sp³-hybridized carbons (Fsp3) is 0.0800. The van der Waals surface area contributed by atoms with E-state index in [0.717, 1.165) is 19.4 Å². The van der Waals surface area contributed by atoms with Crippen LogP contribution < -0.4 is 15.0 Å². The van der Waals surface area contributed by atoms with E-state index in [2.05, 4.69) is 37.2 Å². The van der Waals surface area contributed by atoms with E-state index in [4.69, 9.17) is 16.3 Å². The maximum atomic E-state index is 13.3. The fourth-order valence-electron chi connectivity index (χ4n) is 3.40. The number of hydrogen-bond acceptors (Lipinski definition) is 4. The molecule has 1 N–H and O–H groups in total. The van der Waals surface area contributed by atoms with Crippen LogP contribution in [-0.2, 0) is 16.2 Å². The second-order valence-corrected chi connectivity index (χ2v) is 9.58. The van der Waals surface area contributed by atoms with Crippen LogP contribution in [0.2, 0.25) is 5.02 Å². The van der Waals surface area contributed by atoms with Crippen molar-refractivity contribution in [1.82, 2.24) is 5.32 Å². The van der Waals surface area contributed by atoms with Crippen molar-refractivity contribution < 1.29 is 19.1 Å². The molecule has 1 fully saturated rings. The number of ether oxygens (including phenoxy) is 1. The van der Waals surface area contributed by atoms with Gasteiger partial charge in [0.05, 0.1) is 5.69 Å². The number of nitrogens with zero attached hydrogens (tertiary/aromatic N) is 1. The van der Waals surface area contributed by atoms with Crippen LogP contribution in [0.1, 0.15) is 16.7 Å². The average molecular weight is 605 g/mol. The van der Waals surface area contributed by atoms with Crippen molar-refractivity contribution in [3.8, 4) is 5.75 Å². The number of urea groups is 1. The summed E-state index contributed by atoms with van der Waals surface area (Å²) in [6.07, 6.45) is 1.41. The van der Waals surface area contributed by atoms with Crippen molar-refractivity contribution in [3.05, 3.63) is 96.9 Å². The van der Waals surface area contributed by atoms with E-state index in [-0.39, 0.29) is 12.2 Å². The van der Waals surface area contributed by atoms with Gasteiger partial charge in [-0.25, -0.2) is 9.69 Å². The molecule has 0 atom stereocenters. The van der Waals surface area contributed by atoms with Gasteiger partial charge in [-0.3, -0.25) is 14.9 Å². The second kappa shape index (κ2) is 10.1. The number of anilines is 1. The Morgan fingerprint density at radius 1 is 1.03 bits per heavy atom. The number of barbiturate groups is 1. The Hall–Kier alpha value is -2.94. The van der Waals surface area contributed by atoms with Crippen LogP contribution in [0.5, 0.6) is 5.75 Å². The van der Waals surface area contributed by atoms with E-state index in [0.29, 0.717) is 27.6 Å². The first kappa shape index (κ1) is 24.2. The molecule has 9 heteroatoms. The van der Waals surface area contributed by atoms with E-state index in [1.54, 1.807) is 43.3 Å². The monoisotopic (exact) mass is 602 g/mol. The largest absolute Gasteiger partial charge is 0.488 e. The smallest absolute Gasteiger partial charge is 0.335 e. The SMILES string of the molecule is Cc1c(Cl)cccc1N1C(=O)NC(=O)/C(=C\c2cc(Br)ccc2OCc2ccccc2Br)C1=O. The van der Waals surface area contributed by atoms with Crippen molar-refractivity contribution in [2.24, 2.45) is 0 Å². The molecule has 4 amide bonds. The third-order valence-corrected chi connectivity index (χ3v) is 6.87. The van der Waals surface area contributed by atoms with Gasteiger partial charge in [-0.1, -0.05) is 67.7 Å². The highest BCUT2D eigenvalue weighted by molar-refractivity contribution is 9.10. The predicted octanol–water partition coefficient (Wildman–Crippen LogP) is 6.42. The lowest BCUT2D eigenvalue weighted by molar-refractivity contribution is -0.122. The Kier molecular flexibility index (Phi) is 7.21. The molecule has 172 valence electrons. The lowest BCUT2D eigenvalue weighted by Crippen LogP contribution is -2.54. The van der Waals surface area contributed by atoms with Crippen LogP contribution >= 0.6 is 43.5 Å². The van der Waals surface area contributed by atoms with Crippen LogP contribution in [0.15, 0.2) is 75.2 Å². The summed E-state index contributed by atoms with van der Waals surface area (Å²) in [5.74, 6) is -1.08. The van der Waals surface area contributed by atoms with Crippen LogP contribution in [0.3, 0.4) is 0 Å². The Morgan fingerprint density at radius 2 is 1.79 bits per heavy atom. The van der Waals surface area contributed by atoms with Crippen LogP contribution in [0.25, 0.3) is 6.08 Å². The van der Waals surface area contributed by atoms with Gasteiger partial charge in [0.2, 0.25) is 0 Å². The molecule has 0 spiro atoms. The van der Waals surface area contributed by atoms with Crippen LogP contribution in [0, 0.1) is 6.92 Å². The summed E-state index contributed by atoms with van der Waals surface area (Å²) in [7, 11) is 0. The number of carbonyl (C=O) groups is 3. The molecule has 1 aliphatic heterocycles. The Balaban J connectivity index is 1.71. The quantitative estimate of drug-likeness (QED) is 0.270. The summed E-state index contributed by atoms with van der Waals surface area (Å²) in [5.41, 5.74) is 2.07. The van der Waals surface area contributed by atoms with E-state index in [1.807, 2.05) is 24.3 Å². The highest BCUT2D eigenvalue weighted by Gasteiger charge is 2.37. The van der Waals surface area contributed by atoms with Crippen molar-refractivity contribution in [1.29, 1.82) is 0 Å². The lowest BCUT2D eigenvalue weighted by Gasteiger charge is -2.28. The average Bonchev–Trinajstić information content (AvgIpc) is 2.79. The Bertz CT molecular complexity index is 1360. The summed E-state index contributed by atoms with van der Waals surface area (Å²) in [4.78, 5) is 39.4. The normalized spacial score (nSPS) is 15.0. The van der Waals surface area contributed by atoms with Gasteiger partial charge in [0, 0.05) is 25.1 Å². The van der Waals surface area contributed by atoms with Crippen LogP contribution in [0.4, 0.5) is 10.5 Å². The molecule has 3 aromatic carbocycles. The third kappa shape index (κ3) is 4.94. The predicted molar refractivity (Wildman–Crippen MR) is 138 cm³/mol. The first-order chi connectivity index (χ1) is 16.3. The molecular weight excluding hydrogens is 588 g/mol. The molecule has 0 aromatic heterocycles. The molecule has 1 saturated heterocycles. The summed E-state index contributed by atoms with van der Waals surface area (Å²) in [6.45, 7) is 1.96. The van der Waals surface area contributed by atoms with Gasteiger partial charge >= 0.3 is 6.03 Å². The zero-order chi connectivity index (χ0) is 24.4. The van der Waals surface area contributed by atoms with E-state index >= 15 is 0 Å². The molecule has 1 aliphatic rings. The Morgan fingerprint density at radius 3 is 2.56 bits per heavy atom. The molecule has 3 aromatic rings. The molecule has 34 heavy (non-hydrogen) atoms. The number of carbonyl (C=O) groups excluding carboxylic acids is 3. The molecule has 1 heterocycles. The van der Waals surface area contributed by atoms with Gasteiger partial charge in [-0.15, -0.1) is 0 Å². The number of nitrogens with one attached hydrogen (secondary N) is 1. The molecule has 4 rings (SSSR count). The zero-order valence-corrected chi connectivity index (χ0v) is 21.7. The minimum absolute atomic E-state index is 0.206. The van der Waals surface area contributed by atoms with Gasteiger partial charge in [-0.2, -0.15) is 0 Å². The van der Waals surface area contributed by atoms with Crippen molar-refractivity contribution in [3.63, 3.8) is 0 Å². The highest BCUT2D eigenvalue weighted by Crippen LogP contribution is 2.31. The maximum absolute atomic E-state index is 13.3. The number of imide groups is 2. The molecule has 0 aliphatic carbocycles. The van der Waals surface area contributed by atoms with Gasteiger partial charge in [0.25, 0.3) is 11.8 Å². The summed E-state index contributed by atoms with van der Waals surface area (Å²) < 4.78 is 7.64. The van der Waals surface area contributed by atoms with Crippen molar-refractivity contribution in [2.75, 3.05) is 4.90 Å². The lowest BCUT2D eigenvalue weighted by atomic mass is 10.0. The first-order valence-electron chi connectivity index (χ1n) is 10.1. The number of amides is 4. The topological polar surface area (TPSA) is 75.7 Å². The summed E-state index contributed by atoms with van der Waals surface area (Å²) >= 11 is 13.1. The standard InChI is InChI=1S/C25H17Br2ClN2O4/c1-14-20(28)7-4-8-21(14)30-24(32)18(23(31)29-25(30)33)12-16-11-17(26)9-10-22(16)34-13-15-5-2-3-6-19(15)27/h2-12H,13H2,1H3,(H,29,31,33)/b18-12+. The molecule has 0 bridgehead atoms. The van der Waals surface area contributed by atoms with Crippen molar-refractivity contribution >= 4 is 73.1 Å². The molecule has 6 nitrogen and oxygen atoms in total. The second-order valence-electron chi connectivity index (χ2n) is 7.40. The van der Waals surface area contributed by atoms with Crippen LogP contribution in [-0.4, -0.2) is 17.8 Å². The number of halogens is 3. The highest BCUT2D eigenvalue weighted by atomic mass is 79.9. The molecule has 0 saturated carbocycles. The molecule has 0 radical (unpaired) electrons. The molecular formula is C25H17Br2ClN2O4. The third-order valence-electron chi connectivity index (χ3n) is 5.19. The molecule has 0 unspecified atom stereocenters. The van der Waals surface area contributed by atoms with Gasteiger partial charge in [0.1, 0.15) is 17.9 Å². The zero-order valence-electron chi connectivity index (χ0n) is 17.8. The Labute approximate surface area is 217 Å².